The Kier molecular flexibility index (Phi) is 8.18. The van der Waals surface area contributed by atoms with Gasteiger partial charge < -0.3 is 9.47 Å². The first kappa shape index (κ1) is 24.6. The van der Waals surface area contributed by atoms with Crippen molar-refractivity contribution < 1.29 is 19.1 Å². The number of amides is 2. The lowest BCUT2D eigenvalue weighted by atomic mass is 10.1. The fraction of sp³-hybridized carbons (Fsp3) is 0.154. The first-order chi connectivity index (χ1) is 16.4. The van der Waals surface area contributed by atoms with Gasteiger partial charge in [0.15, 0.2) is 11.5 Å². The van der Waals surface area contributed by atoms with Gasteiger partial charge in [0.05, 0.1) is 18.1 Å². The zero-order valence-corrected chi connectivity index (χ0v) is 22.0. The third-order valence-corrected chi connectivity index (χ3v) is 6.88. The number of hydrogen-bond acceptors (Lipinski definition) is 5. The van der Waals surface area contributed by atoms with Crippen molar-refractivity contribution in [3.8, 4) is 11.5 Å². The fourth-order valence-corrected chi connectivity index (χ4v) is 4.63. The molecule has 3 aromatic carbocycles. The van der Waals surface area contributed by atoms with E-state index in [0.29, 0.717) is 34.6 Å². The van der Waals surface area contributed by atoms with Crippen LogP contribution in [0.2, 0.25) is 5.02 Å². The molecule has 0 saturated carbocycles. The van der Waals surface area contributed by atoms with Crippen LogP contribution < -0.4 is 9.47 Å². The maximum absolute atomic E-state index is 12.9. The summed E-state index contributed by atoms with van der Waals surface area (Å²) in [6, 6.07) is 20.7. The number of nitrogens with zero attached hydrogens (tertiary/aromatic N) is 1. The van der Waals surface area contributed by atoms with Gasteiger partial charge in [0, 0.05) is 8.59 Å². The molecule has 1 saturated heterocycles. The normalized spacial score (nSPS) is 14.7. The Morgan fingerprint density at radius 2 is 1.65 bits per heavy atom. The van der Waals surface area contributed by atoms with Crippen LogP contribution in [0.1, 0.15) is 23.6 Å². The van der Waals surface area contributed by atoms with E-state index in [1.54, 1.807) is 30.3 Å². The molecule has 2 amide bonds. The Morgan fingerprint density at radius 1 is 0.941 bits per heavy atom. The van der Waals surface area contributed by atoms with E-state index in [1.165, 1.54) is 8.47 Å². The molecule has 1 aliphatic rings. The Bertz CT molecular complexity index is 1230. The van der Waals surface area contributed by atoms with Gasteiger partial charge in [-0.25, -0.2) is 0 Å². The lowest BCUT2D eigenvalue weighted by Gasteiger charge is -2.13. The van der Waals surface area contributed by atoms with E-state index >= 15 is 0 Å². The van der Waals surface area contributed by atoms with E-state index in [-0.39, 0.29) is 17.7 Å². The minimum absolute atomic E-state index is 0.203. The van der Waals surface area contributed by atoms with Crippen LogP contribution in [0.5, 0.6) is 11.5 Å². The molecule has 0 aromatic heterocycles. The largest absolute Gasteiger partial charge is 0.490 e. The highest BCUT2D eigenvalue weighted by atomic mass is 127. The van der Waals surface area contributed by atoms with Gasteiger partial charge in [0.1, 0.15) is 6.61 Å². The van der Waals surface area contributed by atoms with Gasteiger partial charge in [-0.2, -0.15) is 0 Å². The Labute approximate surface area is 221 Å². The maximum atomic E-state index is 12.9. The van der Waals surface area contributed by atoms with Gasteiger partial charge in [0.2, 0.25) is 0 Å². The van der Waals surface area contributed by atoms with E-state index in [9.17, 15) is 9.59 Å². The number of carbonyl (C=O) groups excluding carboxylic acids is 2. The van der Waals surface area contributed by atoms with Crippen molar-refractivity contribution in [2.75, 3.05) is 6.61 Å². The number of hydrogen-bond donors (Lipinski definition) is 0. The zero-order valence-electron chi connectivity index (χ0n) is 18.3. The molecule has 1 aliphatic heterocycles. The molecule has 0 N–H and O–H groups in total. The van der Waals surface area contributed by atoms with Crippen molar-refractivity contribution in [3.05, 3.63) is 96.9 Å². The molecule has 5 nitrogen and oxygen atoms in total. The van der Waals surface area contributed by atoms with Crippen LogP contribution in [-0.2, 0) is 17.9 Å². The van der Waals surface area contributed by atoms with Crippen molar-refractivity contribution in [1.29, 1.82) is 0 Å². The predicted octanol–water partition coefficient (Wildman–Crippen LogP) is 7.16. The molecule has 174 valence electrons. The van der Waals surface area contributed by atoms with E-state index in [1.807, 2.05) is 49.4 Å². The number of rotatable bonds is 8. The minimum atomic E-state index is -0.318. The van der Waals surface area contributed by atoms with Gasteiger partial charge in [0.25, 0.3) is 11.1 Å². The summed E-state index contributed by atoms with van der Waals surface area (Å²) in [5.41, 5.74) is 2.64. The first-order valence-corrected chi connectivity index (χ1v) is 12.8. The first-order valence-electron chi connectivity index (χ1n) is 10.6. The molecule has 1 heterocycles. The average Bonchev–Trinajstić information content (AvgIpc) is 3.08. The van der Waals surface area contributed by atoms with Gasteiger partial charge in [-0.3, -0.25) is 14.5 Å². The molecule has 1 fully saturated rings. The molecule has 8 heteroatoms. The summed E-state index contributed by atoms with van der Waals surface area (Å²) in [6.45, 7) is 2.99. The summed E-state index contributed by atoms with van der Waals surface area (Å²) in [5.74, 6) is 0.887. The highest BCUT2D eigenvalue weighted by Crippen LogP contribution is 2.35. The molecule has 4 rings (SSSR count). The van der Waals surface area contributed by atoms with E-state index < -0.39 is 0 Å². The summed E-state index contributed by atoms with van der Waals surface area (Å²) in [6.07, 6.45) is 1.71. The van der Waals surface area contributed by atoms with E-state index in [0.717, 1.165) is 28.5 Å². The molecular formula is C26H21ClINO4S. The lowest BCUT2D eigenvalue weighted by Crippen LogP contribution is -2.27. The molecule has 34 heavy (non-hydrogen) atoms. The number of halogens is 2. The molecule has 0 atom stereocenters. The number of carbonyl (C=O) groups is 2. The van der Waals surface area contributed by atoms with Crippen LogP contribution in [0.25, 0.3) is 6.08 Å². The van der Waals surface area contributed by atoms with Crippen LogP contribution in [0.3, 0.4) is 0 Å². The summed E-state index contributed by atoms with van der Waals surface area (Å²) >= 11 is 9.12. The molecule has 0 unspecified atom stereocenters. The third-order valence-electron chi connectivity index (χ3n) is 5.00. The highest BCUT2D eigenvalue weighted by Gasteiger charge is 2.35. The molecule has 0 bridgehead atoms. The van der Waals surface area contributed by atoms with Crippen molar-refractivity contribution in [3.63, 3.8) is 0 Å². The Hall–Kier alpha value is -2.49. The van der Waals surface area contributed by atoms with Crippen molar-refractivity contribution in [2.45, 2.75) is 20.1 Å². The summed E-state index contributed by atoms with van der Waals surface area (Å²) in [4.78, 5) is 27.0. The average molecular weight is 606 g/mol. The third kappa shape index (κ3) is 6.14. The van der Waals surface area contributed by atoms with E-state index in [4.69, 9.17) is 21.1 Å². The standard InChI is InChI=1S/C26H21ClINO4S/c1-2-32-23-13-19(7-12-22(23)33-16-18-5-10-21(28)11-6-18)14-24-25(30)29(26(31)34-24)15-17-3-8-20(27)9-4-17/h3-14H,2,15-16H2,1H3/b24-14+. The lowest BCUT2D eigenvalue weighted by molar-refractivity contribution is -0.123. The monoisotopic (exact) mass is 605 g/mol. The predicted molar refractivity (Wildman–Crippen MR) is 144 cm³/mol. The maximum Gasteiger partial charge on any atom is 0.293 e. The van der Waals surface area contributed by atoms with Gasteiger partial charge in [-0.15, -0.1) is 0 Å². The molecule has 0 spiro atoms. The number of imide groups is 1. The SMILES string of the molecule is CCOc1cc(/C=C2/SC(=O)N(Cc3ccc(Cl)cc3)C2=O)ccc1OCc1ccc(I)cc1. The molecule has 3 aromatic rings. The van der Waals surface area contributed by atoms with Crippen LogP contribution in [0, 0.1) is 3.57 Å². The topological polar surface area (TPSA) is 55.8 Å². The highest BCUT2D eigenvalue weighted by molar-refractivity contribution is 14.1. The number of thioether (sulfide) groups is 1. The molecule has 0 radical (unpaired) electrons. The minimum Gasteiger partial charge on any atom is -0.490 e. The second-order valence-corrected chi connectivity index (χ2v) is 10.1. The second kappa shape index (κ2) is 11.3. The molecular weight excluding hydrogens is 585 g/mol. The van der Waals surface area contributed by atoms with Crippen molar-refractivity contribution in [2.24, 2.45) is 0 Å². The van der Waals surface area contributed by atoms with Crippen LogP contribution in [0.15, 0.2) is 71.6 Å². The zero-order chi connectivity index (χ0) is 24.1. The van der Waals surface area contributed by atoms with Crippen molar-refractivity contribution in [1.82, 2.24) is 4.90 Å². The van der Waals surface area contributed by atoms with Crippen molar-refractivity contribution >= 4 is 63.2 Å². The van der Waals surface area contributed by atoms with E-state index in [2.05, 4.69) is 22.6 Å². The van der Waals surface area contributed by atoms with Crippen LogP contribution in [0.4, 0.5) is 4.79 Å². The molecule has 0 aliphatic carbocycles. The summed E-state index contributed by atoms with van der Waals surface area (Å²) in [7, 11) is 0. The van der Waals surface area contributed by atoms with Crippen LogP contribution in [-0.4, -0.2) is 22.7 Å². The van der Waals surface area contributed by atoms with Gasteiger partial charge in [-0.05, 0) is 100 Å². The Morgan fingerprint density at radius 3 is 2.35 bits per heavy atom. The Balaban J connectivity index is 1.49. The van der Waals surface area contributed by atoms with Gasteiger partial charge >= 0.3 is 0 Å². The summed E-state index contributed by atoms with van der Waals surface area (Å²) < 4.78 is 12.9. The smallest absolute Gasteiger partial charge is 0.293 e. The van der Waals surface area contributed by atoms with Gasteiger partial charge in [-0.1, -0.05) is 41.9 Å². The summed E-state index contributed by atoms with van der Waals surface area (Å²) in [5, 5.41) is 0.308. The number of ether oxygens (including phenoxy) is 2. The quantitative estimate of drug-likeness (QED) is 0.202. The fourth-order valence-electron chi connectivity index (χ4n) is 3.30. The second-order valence-electron chi connectivity index (χ2n) is 7.45. The number of benzene rings is 3. The van der Waals surface area contributed by atoms with Crippen LogP contribution >= 0.6 is 46.0 Å².